The summed E-state index contributed by atoms with van der Waals surface area (Å²) in [4.78, 5) is 0. The summed E-state index contributed by atoms with van der Waals surface area (Å²) in [7, 11) is -3.38. The van der Waals surface area contributed by atoms with E-state index in [1.54, 1.807) is 24.3 Å². The average molecular weight is 296 g/mol. The quantitative estimate of drug-likeness (QED) is 0.580. The summed E-state index contributed by atoms with van der Waals surface area (Å²) >= 11 is 0. The van der Waals surface area contributed by atoms with Gasteiger partial charge in [-0.15, -0.1) is 6.42 Å². The van der Waals surface area contributed by atoms with Gasteiger partial charge < -0.3 is 10.5 Å². The van der Waals surface area contributed by atoms with Gasteiger partial charge in [0.15, 0.2) is 0 Å². The SMILES string of the molecule is C#CCN(CCC)S(=O)(=O)CCOc1ccc(N)cc1. The molecule has 0 fully saturated rings. The van der Waals surface area contributed by atoms with Gasteiger partial charge in [-0.3, -0.25) is 0 Å². The van der Waals surface area contributed by atoms with Crippen LogP contribution in [0, 0.1) is 12.3 Å². The number of benzene rings is 1. The molecule has 0 radical (unpaired) electrons. The van der Waals surface area contributed by atoms with Gasteiger partial charge in [0.05, 0.1) is 12.3 Å². The first-order chi connectivity index (χ1) is 9.49. The van der Waals surface area contributed by atoms with Crippen LogP contribution in [0.15, 0.2) is 24.3 Å². The molecule has 0 bridgehead atoms. The largest absolute Gasteiger partial charge is 0.492 e. The van der Waals surface area contributed by atoms with Gasteiger partial charge in [-0.05, 0) is 30.7 Å². The van der Waals surface area contributed by atoms with Crippen molar-refractivity contribution < 1.29 is 13.2 Å². The highest BCUT2D eigenvalue weighted by Crippen LogP contribution is 2.13. The molecule has 1 aromatic rings. The molecular formula is C14H20N2O3S. The molecule has 0 spiro atoms. The number of rotatable bonds is 8. The topological polar surface area (TPSA) is 72.6 Å². The number of hydrogen-bond acceptors (Lipinski definition) is 4. The fraction of sp³-hybridized carbons (Fsp3) is 0.429. The molecule has 1 aromatic carbocycles. The maximum Gasteiger partial charge on any atom is 0.218 e. The van der Waals surface area contributed by atoms with Crippen molar-refractivity contribution in [3.8, 4) is 18.1 Å². The number of nitrogen functional groups attached to an aromatic ring is 1. The molecule has 20 heavy (non-hydrogen) atoms. The molecule has 0 unspecified atom stereocenters. The van der Waals surface area contributed by atoms with Crippen molar-refractivity contribution in [1.82, 2.24) is 4.31 Å². The molecule has 2 N–H and O–H groups in total. The molecule has 0 aliphatic heterocycles. The van der Waals surface area contributed by atoms with Crippen LogP contribution in [0.25, 0.3) is 0 Å². The van der Waals surface area contributed by atoms with E-state index >= 15 is 0 Å². The van der Waals surface area contributed by atoms with E-state index in [1.165, 1.54) is 4.31 Å². The summed E-state index contributed by atoms with van der Waals surface area (Å²) in [6.07, 6.45) is 5.91. The van der Waals surface area contributed by atoms with Gasteiger partial charge in [-0.25, -0.2) is 8.42 Å². The Bertz CT molecular complexity index is 547. The van der Waals surface area contributed by atoms with E-state index in [4.69, 9.17) is 16.9 Å². The van der Waals surface area contributed by atoms with E-state index in [0.717, 1.165) is 6.42 Å². The maximum absolute atomic E-state index is 12.1. The molecule has 0 saturated carbocycles. The van der Waals surface area contributed by atoms with Crippen molar-refractivity contribution in [2.75, 3.05) is 31.2 Å². The highest BCUT2D eigenvalue weighted by molar-refractivity contribution is 7.89. The van der Waals surface area contributed by atoms with Crippen LogP contribution in [0.3, 0.4) is 0 Å². The third-order valence-corrected chi connectivity index (χ3v) is 4.41. The number of sulfonamides is 1. The minimum atomic E-state index is -3.38. The monoisotopic (exact) mass is 296 g/mol. The molecule has 1 rings (SSSR count). The number of nitrogens with two attached hydrogens (primary N) is 1. The Labute approximate surface area is 120 Å². The number of anilines is 1. The molecule has 0 atom stereocenters. The van der Waals surface area contributed by atoms with Crippen LogP contribution in [0.5, 0.6) is 5.75 Å². The second-order valence-electron chi connectivity index (χ2n) is 4.27. The maximum atomic E-state index is 12.1. The van der Waals surface area contributed by atoms with Crippen molar-refractivity contribution in [3.63, 3.8) is 0 Å². The van der Waals surface area contributed by atoms with E-state index in [-0.39, 0.29) is 18.9 Å². The van der Waals surface area contributed by atoms with Crippen molar-refractivity contribution in [2.45, 2.75) is 13.3 Å². The van der Waals surface area contributed by atoms with Crippen molar-refractivity contribution in [2.24, 2.45) is 0 Å². The highest BCUT2D eigenvalue weighted by Gasteiger charge is 2.20. The second kappa shape index (κ2) is 7.78. The Hall–Kier alpha value is -1.71. The molecule has 110 valence electrons. The number of terminal acetylenes is 1. The molecule has 0 aliphatic carbocycles. The molecule has 0 aromatic heterocycles. The Morgan fingerprint density at radius 2 is 2.00 bits per heavy atom. The molecular weight excluding hydrogens is 276 g/mol. The summed E-state index contributed by atoms with van der Waals surface area (Å²) in [6.45, 7) is 2.51. The molecule has 0 heterocycles. The van der Waals surface area contributed by atoms with E-state index in [9.17, 15) is 8.42 Å². The minimum Gasteiger partial charge on any atom is -0.492 e. The van der Waals surface area contributed by atoms with Crippen molar-refractivity contribution in [1.29, 1.82) is 0 Å². The summed E-state index contributed by atoms with van der Waals surface area (Å²) in [5.74, 6) is 2.86. The zero-order chi connectivity index (χ0) is 15.0. The Balaban J connectivity index is 2.54. The first kappa shape index (κ1) is 16.3. The number of ether oxygens (including phenoxy) is 1. The number of nitrogens with zero attached hydrogens (tertiary/aromatic N) is 1. The van der Waals surface area contributed by atoms with Crippen LogP contribution in [0.1, 0.15) is 13.3 Å². The van der Waals surface area contributed by atoms with Gasteiger partial charge in [-0.1, -0.05) is 12.8 Å². The van der Waals surface area contributed by atoms with Gasteiger partial charge in [0, 0.05) is 12.2 Å². The van der Waals surface area contributed by atoms with Crippen molar-refractivity contribution >= 4 is 15.7 Å². The number of hydrogen-bond donors (Lipinski definition) is 1. The lowest BCUT2D eigenvalue weighted by Gasteiger charge is -2.19. The lowest BCUT2D eigenvalue weighted by Crippen LogP contribution is -2.35. The molecule has 6 heteroatoms. The lowest BCUT2D eigenvalue weighted by atomic mass is 10.3. The van der Waals surface area contributed by atoms with Crippen LogP contribution in [-0.4, -0.2) is 38.2 Å². The van der Waals surface area contributed by atoms with E-state index < -0.39 is 10.0 Å². The smallest absolute Gasteiger partial charge is 0.218 e. The molecule has 0 amide bonds. The zero-order valence-corrected chi connectivity index (χ0v) is 12.4. The predicted octanol–water partition coefficient (Wildman–Crippen LogP) is 1.32. The van der Waals surface area contributed by atoms with Gasteiger partial charge in [0.1, 0.15) is 12.4 Å². The van der Waals surface area contributed by atoms with Gasteiger partial charge in [0.2, 0.25) is 10.0 Å². The third kappa shape index (κ3) is 5.11. The Morgan fingerprint density at radius 3 is 2.55 bits per heavy atom. The van der Waals surface area contributed by atoms with E-state index in [0.29, 0.717) is 18.0 Å². The summed E-state index contributed by atoms with van der Waals surface area (Å²) in [6, 6.07) is 6.80. The minimum absolute atomic E-state index is 0.0804. The third-order valence-electron chi connectivity index (χ3n) is 2.62. The summed E-state index contributed by atoms with van der Waals surface area (Å²) < 4.78 is 30.9. The molecule has 0 aliphatic rings. The summed E-state index contributed by atoms with van der Waals surface area (Å²) in [5, 5.41) is 0. The standard InChI is InChI=1S/C14H20N2O3S/c1-3-9-16(10-4-2)20(17,18)12-11-19-14-7-5-13(15)6-8-14/h1,5-8H,4,9-12,15H2,2H3. The molecule has 0 saturated heterocycles. The second-order valence-corrected chi connectivity index (χ2v) is 6.36. The van der Waals surface area contributed by atoms with Crippen LogP contribution in [0.4, 0.5) is 5.69 Å². The summed E-state index contributed by atoms with van der Waals surface area (Å²) in [5.41, 5.74) is 6.19. The first-order valence-corrected chi connectivity index (χ1v) is 8.00. The van der Waals surface area contributed by atoms with E-state index in [1.807, 2.05) is 6.92 Å². The van der Waals surface area contributed by atoms with Crippen LogP contribution < -0.4 is 10.5 Å². The van der Waals surface area contributed by atoms with Gasteiger partial charge in [-0.2, -0.15) is 4.31 Å². The zero-order valence-electron chi connectivity index (χ0n) is 11.6. The lowest BCUT2D eigenvalue weighted by molar-refractivity contribution is 0.336. The predicted molar refractivity (Wildman–Crippen MR) is 80.8 cm³/mol. The normalized spacial score (nSPS) is 11.2. The molecule has 5 nitrogen and oxygen atoms in total. The van der Waals surface area contributed by atoms with Crippen LogP contribution in [0.2, 0.25) is 0 Å². The fourth-order valence-corrected chi connectivity index (χ4v) is 2.91. The van der Waals surface area contributed by atoms with Gasteiger partial charge >= 0.3 is 0 Å². The van der Waals surface area contributed by atoms with Crippen LogP contribution >= 0.6 is 0 Å². The Kier molecular flexibility index (Phi) is 6.36. The fourth-order valence-electron chi connectivity index (χ4n) is 1.63. The van der Waals surface area contributed by atoms with Gasteiger partial charge in [0.25, 0.3) is 0 Å². The highest BCUT2D eigenvalue weighted by atomic mass is 32.2. The van der Waals surface area contributed by atoms with Crippen molar-refractivity contribution in [3.05, 3.63) is 24.3 Å². The Morgan fingerprint density at radius 1 is 1.35 bits per heavy atom. The first-order valence-electron chi connectivity index (χ1n) is 6.39. The van der Waals surface area contributed by atoms with E-state index in [2.05, 4.69) is 5.92 Å². The van der Waals surface area contributed by atoms with Crippen LogP contribution in [-0.2, 0) is 10.0 Å². The average Bonchev–Trinajstić information content (AvgIpc) is 2.41.